The first-order chi connectivity index (χ1) is 19.5. The maximum Gasteiger partial charge on any atom is 0.295 e. The van der Waals surface area contributed by atoms with Crippen molar-refractivity contribution in [1.82, 2.24) is 4.90 Å². The second-order valence-corrected chi connectivity index (χ2v) is 9.63. The SMILES string of the molecule is CCCCOc1cccc(/C(O)=C2\C(=O)C(=O)N(Cc3ccccc3)C2c2cccc(Oc3ccccc3)c2)c1. The van der Waals surface area contributed by atoms with Gasteiger partial charge in [-0.3, -0.25) is 9.59 Å². The van der Waals surface area contributed by atoms with E-state index in [1.165, 1.54) is 4.90 Å². The summed E-state index contributed by atoms with van der Waals surface area (Å²) in [5.41, 5.74) is 1.97. The molecule has 0 aromatic heterocycles. The molecule has 1 saturated heterocycles. The molecule has 1 aliphatic heterocycles. The highest BCUT2D eigenvalue weighted by molar-refractivity contribution is 6.46. The van der Waals surface area contributed by atoms with Gasteiger partial charge < -0.3 is 19.5 Å². The fourth-order valence-electron chi connectivity index (χ4n) is 4.77. The minimum Gasteiger partial charge on any atom is -0.507 e. The third-order valence-corrected chi connectivity index (χ3v) is 6.76. The molecule has 202 valence electrons. The normalized spacial score (nSPS) is 16.2. The molecule has 1 amide bonds. The van der Waals surface area contributed by atoms with Gasteiger partial charge in [0, 0.05) is 12.1 Å². The first-order valence-electron chi connectivity index (χ1n) is 13.4. The van der Waals surface area contributed by atoms with E-state index in [4.69, 9.17) is 9.47 Å². The molecule has 1 unspecified atom stereocenters. The fourth-order valence-corrected chi connectivity index (χ4v) is 4.77. The smallest absolute Gasteiger partial charge is 0.295 e. The number of para-hydroxylation sites is 1. The fraction of sp³-hybridized carbons (Fsp3) is 0.176. The van der Waals surface area contributed by atoms with Gasteiger partial charge in [0.15, 0.2) is 0 Å². The number of carbonyl (C=O) groups is 2. The summed E-state index contributed by atoms with van der Waals surface area (Å²) in [5, 5.41) is 11.5. The molecule has 6 heteroatoms. The molecule has 4 aromatic rings. The van der Waals surface area contributed by atoms with Gasteiger partial charge in [-0.1, -0.05) is 86.1 Å². The van der Waals surface area contributed by atoms with Gasteiger partial charge in [0.05, 0.1) is 18.2 Å². The zero-order valence-corrected chi connectivity index (χ0v) is 22.3. The van der Waals surface area contributed by atoms with Crippen LogP contribution in [0.15, 0.2) is 115 Å². The number of nitrogens with zero attached hydrogens (tertiary/aromatic N) is 1. The van der Waals surface area contributed by atoms with E-state index in [2.05, 4.69) is 6.92 Å². The number of amides is 1. The van der Waals surface area contributed by atoms with Crippen molar-refractivity contribution in [1.29, 1.82) is 0 Å². The number of unbranched alkanes of at least 4 members (excludes halogenated alkanes) is 1. The molecule has 1 atom stereocenters. The van der Waals surface area contributed by atoms with Gasteiger partial charge in [-0.25, -0.2) is 0 Å². The Morgan fingerprint density at radius 2 is 1.48 bits per heavy atom. The lowest BCUT2D eigenvalue weighted by Gasteiger charge is -2.26. The summed E-state index contributed by atoms with van der Waals surface area (Å²) in [6.07, 6.45) is 1.90. The number of rotatable bonds is 10. The number of carbonyl (C=O) groups excluding carboxylic acids is 2. The molecule has 0 bridgehead atoms. The molecule has 1 N–H and O–H groups in total. The zero-order chi connectivity index (χ0) is 27.9. The van der Waals surface area contributed by atoms with E-state index in [9.17, 15) is 14.7 Å². The van der Waals surface area contributed by atoms with Crippen molar-refractivity contribution in [2.24, 2.45) is 0 Å². The van der Waals surface area contributed by atoms with Gasteiger partial charge in [0.2, 0.25) is 0 Å². The summed E-state index contributed by atoms with van der Waals surface area (Å²) in [6, 6.07) is 32.3. The van der Waals surface area contributed by atoms with Crippen LogP contribution in [0.25, 0.3) is 5.76 Å². The number of ether oxygens (including phenoxy) is 2. The predicted molar refractivity (Wildman–Crippen MR) is 154 cm³/mol. The minimum absolute atomic E-state index is 0.0310. The van der Waals surface area contributed by atoms with Crippen LogP contribution in [0.2, 0.25) is 0 Å². The molecule has 0 radical (unpaired) electrons. The van der Waals surface area contributed by atoms with Gasteiger partial charge in [0.1, 0.15) is 23.0 Å². The molecular weight excluding hydrogens is 502 g/mol. The molecule has 6 nitrogen and oxygen atoms in total. The van der Waals surface area contributed by atoms with Crippen LogP contribution < -0.4 is 9.47 Å². The van der Waals surface area contributed by atoms with Crippen molar-refractivity contribution in [3.63, 3.8) is 0 Å². The van der Waals surface area contributed by atoms with E-state index in [1.54, 1.807) is 24.3 Å². The van der Waals surface area contributed by atoms with Gasteiger partial charge in [-0.2, -0.15) is 0 Å². The van der Waals surface area contributed by atoms with Gasteiger partial charge in [-0.15, -0.1) is 0 Å². The molecule has 1 heterocycles. The van der Waals surface area contributed by atoms with E-state index in [1.807, 2.05) is 84.9 Å². The molecule has 5 rings (SSSR count). The van der Waals surface area contributed by atoms with Crippen LogP contribution in [0.3, 0.4) is 0 Å². The summed E-state index contributed by atoms with van der Waals surface area (Å²) in [7, 11) is 0. The number of hydrogen-bond acceptors (Lipinski definition) is 5. The quantitative estimate of drug-likeness (QED) is 0.100. The Morgan fingerprint density at radius 3 is 2.23 bits per heavy atom. The molecule has 0 aliphatic carbocycles. The lowest BCUT2D eigenvalue weighted by Crippen LogP contribution is -2.29. The summed E-state index contributed by atoms with van der Waals surface area (Å²) in [4.78, 5) is 28.4. The second kappa shape index (κ2) is 12.3. The number of hydrogen-bond donors (Lipinski definition) is 1. The Morgan fingerprint density at radius 1 is 0.800 bits per heavy atom. The highest BCUT2D eigenvalue weighted by Gasteiger charge is 2.46. The number of Topliss-reactive ketones (excluding diaryl/α,β-unsaturated/α-hetero) is 1. The average Bonchev–Trinajstić information content (AvgIpc) is 3.23. The van der Waals surface area contributed by atoms with Crippen molar-refractivity contribution in [3.05, 3.63) is 131 Å². The molecule has 1 aliphatic rings. The standard InChI is InChI=1S/C34H31NO5/c1-2-3-20-39-28-18-11-15-26(22-28)32(36)30-31(35(34(38)33(30)37)23-24-12-6-4-7-13-24)25-14-10-19-29(21-25)40-27-16-8-5-9-17-27/h4-19,21-22,31,36H,2-3,20,23H2,1H3/b32-30+. The maximum atomic E-state index is 13.5. The topological polar surface area (TPSA) is 76.1 Å². The third-order valence-electron chi connectivity index (χ3n) is 6.76. The molecule has 1 fully saturated rings. The van der Waals surface area contributed by atoms with E-state index >= 15 is 0 Å². The minimum atomic E-state index is -0.816. The van der Waals surface area contributed by atoms with E-state index < -0.39 is 17.7 Å². The van der Waals surface area contributed by atoms with Crippen LogP contribution in [0, 0.1) is 0 Å². The monoisotopic (exact) mass is 533 g/mol. The average molecular weight is 534 g/mol. The highest BCUT2D eigenvalue weighted by atomic mass is 16.5. The summed E-state index contributed by atoms with van der Waals surface area (Å²) >= 11 is 0. The molecule has 4 aromatic carbocycles. The maximum absolute atomic E-state index is 13.5. The van der Waals surface area contributed by atoms with Gasteiger partial charge in [0.25, 0.3) is 11.7 Å². The van der Waals surface area contributed by atoms with Crippen LogP contribution in [0.4, 0.5) is 0 Å². The molecule has 0 spiro atoms. The largest absolute Gasteiger partial charge is 0.507 e. The number of aliphatic hydroxyl groups excluding tert-OH is 1. The third kappa shape index (κ3) is 5.91. The first kappa shape index (κ1) is 26.8. The van der Waals surface area contributed by atoms with Crippen LogP contribution >= 0.6 is 0 Å². The van der Waals surface area contributed by atoms with E-state index in [0.29, 0.717) is 35.0 Å². The number of likely N-dealkylation sites (tertiary alicyclic amines) is 1. The lowest BCUT2D eigenvalue weighted by molar-refractivity contribution is -0.140. The van der Waals surface area contributed by atoms with Crippen LogP contribution in [0.1, 0.15) is 42.5 Å². The first-order valence-corrected chi connectivity index (χ1v) is 13.4. The summed E-state index contributed by atoms with van der Waals surface area (Å²) in [6.45, 7) is 2.84. The van der Waals surface area contributed by atoms with Crippen molar-refractivity contribution in [3.8, 4) is 17.2 Å². The van der Waals surface area contributed by atoms with Crippen molar-refractivity contribution < 1.29 is 24.2 Å². The highest BCUT2D eigenvalue weighted by Crippen LogP contribution is 2.41. The van der Waals surface area contributed by atoms with Crippen molar-refractivity contribution in [2.75, 3.05) is 6.61 Å². The number of aliphatic hydroxyl groups is 1. The Balaban J connectivity index is 1.57. The number of benzene rings is 4. The molecule has 40 heavy (non-hydrogen) atoms. The summed E-state index contributed by atoms with van der Waals surface area (Å²) in [5.74, 6) is 0.170. The van der Waals surface area contributed by atoms with Gasteiger partial charge >= 0.3 is 0 Å². The lowest BCUT2D eigenvalue weighted by atomic mass is 9.95. The van der Waals surface area contributed by atoms with E-state index in [-0.39, 0.29) is 17.9 Å². The Hall–Kier alpha value is -4.84. The summed E-state index contributed by atoms with van der Waals surface area (Å²) < 4.78 is 11.9. The predicted octanol–water partition coefficient (Wildman–Crippen LogP) is 7.28. The second-order valence-electron chi connectivity index (χ2n) is 9.63. The molecule has 0 saturated carbocycles. The van der Waals surface area contributed by atoms with Gasteiger partial charge in [-0.05, 0) is 53.9 Å². The van der Waals surface area contributed by atoms with Crippen LogP contribution in [-0.2, 0) is 16.1 Å². The van der Waals surface area contributed by atoms with Crippen LogP contribution in [0.5, 0.6) is 17.2 Å². The van der Waals surface area contributed by atoms with Crippen molar-refractivity contribution in [2.45, 2.75) is 32.4 Å². The Labute approximate surface area is 234 Å². The Kier molecular flexibility index (Phi) is 8.26. The Bertz CT molecular complexity index is 1510. The number of ketones is 1. The molecular formula is C34H31NO5. The van der Waals surface area contributed by atoms with E-state index in [0.717, 1.165) is 18.4 Å². The van der Waals surface area contributed by atoms with Crippen molar-refractivity contribution >= 4 is 17.4 Å². The van der Waals surface area contributed by atoms with Crippen LogP contribution in [-0.4, -0.2) is 28.3 Å². The zero-order valence-electron chi connectivity index (χ0n) is 22.3.